The Morgan fingerprint density at radius 3 is 2.79 bits per heavy atom. The third-order valence-electron chi connectivity index (χ3n) is 3.85. The van der Waals surface area contributed by atoms with E-state index in [0.717, 1.165) is 6.08 Å². The summed E-state index contributed by atoms with van der Waals surface area (Å²) in [5.74, 6) is -0.199. The first kappa shape index (κ1) is 19.5. The van der Waals surface area contributed by atoms with E-state index in [1.165, 1.54) is 23.9 Å². The van der Waals surface area contributed by atoms with Gasteiger partial charge in [-0.15, -0.1) is 5.10 Å². The normalized spacial score (nSPS) is 10.8. The molecule has 0 spiro atoms. The van der Waals surface area contributed by atoms with Crippen LogP contribution in [0.25, 0.3) is 11.8 Å². The van der Waals surface area contributed by atoms with Crippen LogP contribution in [0.1, 0.15) is 11.3 Å². The number of para-hydroxylation sites is 2. The molecule has 1 N–H and O–H groups in total. The van der Waals surface area contributed by atoms with Gasteiger partial charge in [0.05, 0.1) is 18.2 Å². The van der Waals surface area contributed by atoms with Gasteiger partial charge in [0.25, 0.3) is 5.69 Å². The monoisotopic (exact) mass is 396 g/mol. The Kier molecular flexibility index (Phi) is 5.83. The van der Waals surface area contributed by atoms with E-state index in [0.29, 0.717) is 28.4 Å². The van der Waals surface area contributed by atoms with Crippen LogP contribution in [-0.4, -0.2) is 38.1 Å². The van der Waals surface area contributed by atoms with Crippen molar-refractivity contribution >= 4 is 17.7 Å². The number of carboxylic acids is 1. The van der Waals surface area contributed by atoms with Crippen molar-refractivity contribution < 1.29 is 24.3 Å². The van der Waals surface area contributed by atoms with E-state index in [9.17, 15) is 14.9 Å². The maximum absolute atomic E-state index is 11.2. The summed E-state index contributed by atoms with van der Waals surface area (Å²) in [5.41, 5.74) is 1.30. The second-order valence-electron chi connectivity index (χ2n) is 5.77. The Balaban J connectivity index is 1.75. The summed E-state index contributed by atoms with van der Waals surface area (Å²) in [6.07, 6.45) is 4.00. The molecular weight excluding hydrogens is 380 g/mol. The van der Waals surface area contributed by atoms with Crippen molar-refractivity contribution in [3.8, 4) is 17.2 Å². The number of hydrogen-bond donors (Lipinski definition) is 1. The van der Waals surface area contributed by atoms with Gasteiger partial charge in [0, 0.05) is 12.1 Å². The van der Waals surface area contributed by atoms with Crippen LogP contribution in [0.2, 0.25) is 0 Å². The molecule has 10 nitrogen and oxygen atoms in total. The van der Waals surface area contributed by atoms with Crippen LogP contribution in [0.3, 0.4) is 0 Å². The zero-order chi connectivity index (χ0) is 20.8. The zero-order valence-electron chi connectivity index (χ0n) is 15.3. The fraction of sp³-hybridized carbons (Fsp3) is 0.105. The van der Waals surface area contributed by atoms with E-state index < -0.39 is 10.9 Å². The molecule has 148 valence electrons. The molecule has 0 bridgehead atoms. The average Bonchev–Trinajstić information content (AvgIpc) is 3.19. The van der Waals surface area contributed by atoms with Crippen molar-refractivity contribution in [2.75, 3.05) is 7.11 Å². The number of carbonyl (C=O) groups is 1. The van der Waals surface area contributed by atoms with Crippen LogP contribution in [0.4, 0.5) is 5.69 Å². The molecule has 0 radical (unpaired) electrons. The maximum Gasteiger partial charge on any atom is 0.328 e. The van der Waals surface area contributed by atoms with Crippen LogP contribution < -0.4 is 9.47 Å². The first-order chi connectivity index (χ1) is 14.0. The van der Waals surface area contributed by atoms with E-state index in [2.05, 4.69) is 10.3 Å². The van der Waals surface area contributed by atoms with E-state index in [1.54, 1.807) is 42.6 Å². The van der Waals surface area contributed by atoms with Gasteiger partial charge in [-0.05, 0) is 29.8 Å². The molecule has 0 unspecified atom stereocenters. The molecule has 10 heteroatoms. The molecule has 29 heavy (non-hydrogen) atoms. The lowest BCUT2D eigenvalue weighted by Gasteiger charge is -2.10. The van der Waals surface area contributed by atoms with E-state index in [-0.39, 0.29) is 12.3 Å². The van der Waals surface area contributed by atoms with Crippen molar-refractivity contribution in [3.05, 3.63) is 76.1 Å². The summed E-state index contributed by atoms with van der Waals surface area (Å²) in [6, 6.07) is 11.2. The van der Waals surface area contributed by atoms with Gasteiger partial charge >= 0.3 is 5.97 Å². The maximum atomic E-state index is 11.2. The van der Waals surface area contributed by atoms with Crippen molar-refractivity contribution in [1.29, 1.82) is 0 Å². The molecular formula is C19H16N4O6. The zero-order valence-corrected chi connectivity index (χ0v) is 15.3. The number of aromatic nitrogens is 3. The number of ether oxygens (including phenoxy) is 2. The van der Waals surface area contributed by atoms with E-state index in [4.69, 9.17) is 14.6 Å². The molecule has 2 aromatic carbocycles. The molecule has 0 saturated carbocycles. The second-order valence-corrected chi connectivity index (χ2v) is 5.77. The number of nitro benzene ring substituents is 1. The molecule has 0 amide bonds. The highest BCUT2D eigenvalue weighted by atomic mass is 16.6. The number of nitro groups is 1. The highest BCUT2D eigenvalue weighted by molar-refractivity contribution is 5.85. The third-order valence-corrected chi connectivity index (χ3v) is 3.85. The molecule has 3 rings (SSSR count). The predicted octanol–water partition coefficient (Wildman–Crippen LogP) is 2.86. The molecule has 1 aromatic heterocycles. The average molecular weight is 396 g/mol. The fourth-order valence-electron chi connectivity index (χ4n) is 2.52. The van der Waals surface area contributed by atoms with E-state index in [1.807, 2.05) is 0 Å². The first-order valence-electron chi connectivity index (χ1n) is 8.35. The Labute approximate surface area is 164 Å². The lowest BCUT2D eigenvalue weighted by atomic mass is 10.2. The smallest absolute Gasteiger partial charge is 0.328 e. The highest BCUT2D eigenvalue weighted by Crippen LogP contribution is 2.29. The van der Waals surface area contributed by atoms with Crippen molar-refractivity contribution in [1.82, 2.24) is 15.0 Å². The van der Waals surface area contributed by atoms with Crippen LogP contribution in [0, 0.1) is 10.1 Å². The molecule has 3 aromatic rings. The van der Waals surface area contributed by atoms with Gasteiger partial charge < -0.3 is 14.6 Å². The Morgan fingerprint density at radius 1 is 1.28 bits per heavy atom. The van der Waals surface area contributed by atoms with Gasteiger partial charge in [-0.2, -0.15) is 0 Å². The number of methoxy groups -OCH3 is 1. The summed E-state index contributed by atoms with van der Waals surface area (Å²) in [5, 5.41) is 27.8. The minimum absolute atomic E-state index is 0.0568. The quantitative estimate of drug-likeness (QED) is 0.349. The van der Waals surface area contributed by atoms with Gasteiger partial charge in [0.2, 0.25) is 0 Å². The summed E-state index contributed by atoms with van der Waals surface area (Å²) in [7, 11) is 1.47. The number of nitrogens with zero attached hydrogens (tertiary/aromatic N) is 4. The van der Waals surface area contributed by atoms with Gasteiger partial charge in [-0.1, -0.05) is 23.4 Å². The Morgan fingerprint density at radius 2 is 2.07 bits per heavy atom. The van der Waals surface area contributed by atoms with E-state index >= 15 is 0 Å². The van der Waals surface area contributed by atoms with Crippen LogP contribution in [0.5, 0.6) is 11.5 Å². The number of hydrogen-bond acceptors (Lipinski definition) is 7. The van der Waals surface area contributed by atoms with Gasteiger partial charge in [-0.25, -0.2) is 9.48 Å². The summed E-state index contributed by atoms with van der Waals surface area (Å²) < 4.78 is 12.3. The Hall–Kier alpha value is -4.21. The minimum atomic E-state index is -1.05. The lowest BCUT2D eigenvalue weighted by Crippen LogP contribution is -2.00. The number of rotatable bonds is 8. The molecule has 0 atom stereocenters. The number of benzene rings is 2. The largest absolute Gasteiger partial charge is 0.493 e. The predicted molar refractivity (Wildman–Crippen MR) is 102 cm³/mol. The molecule has 0 saturated heterocycles. The third kappa shape index (κ3) is 4.75. The van der Waals surface area contributed by atoms with Crippen molar-refractivity contribution in [2.24, 2.45) is 0 Å². The van der Waals surface area contributed by atoms with Gasteiger partial charge in [0.1, 0.15) is 18.0 Å². The highest BCUT2D eigenvalue weighted by Gasteiger charge is 2.16. The van der Waals surface area contributed by atoms with Crippen molar-refractivity contribution in [3.63, 3.8) is 0 Å². The van der Waals surface area contributed by atoms with Crippen LogP contribution in [0.15, 0.2) is 54.7 Å². The topological polar surface area (TPSA) is 130 Å². The summed E-state index contributed by atoms with van der Waals surface area (Å²) >= 11 is 0. The lowest BCUT2D eigenvalue weighted by molar-refractivity contribution is -0.384. The fourth-order valence-corrected chi connectivity index (χ4v) is 2.52. The van der Waals surface area contributed by atoms with Crippen LogP contribution in [-0.2, 0) is 11.4 Å². The summed E-state index contributed by atoms with van der Waals surface area (Å²) in [6.45, 7) is 0.0568. The SMILES string of the molecule is COc1cc(/C=C/C(=O)O)ccc1OCc1cn(-c2ccccc2[N+](=O)[O-])nn1. The van der Waals surface area contributed by atoms with Gasteiger partial charge in [0.15, 0.2) is 11.5 Å². The summed E-state index contributed by atoms with van der Waals surface area (Å²) in [4.78, 5) is 21.3. The molecule has 1 heterocycles. The Bertz CT molecular complexity index is 1080. The second kappa shape index (κ2) is 8.65. The number of aliphatic carboxylic acids is 1. The number of carboxylic acid groups (broad SMARTS) is 1. The van der Waals surface area contributed by atoms with Gasteiger partial charge in [-0.3, -0.25) is 10.1 Å². The first-order valence-corrected chi connectivity index (χ1v) is 8.35. The minimum Gasteiger partial charge on any atom is -0.493 e. The molecule has 0 fully saturated rings. The van der Waals surface area contributed by atoms with Crippen molar-refractivity contribution in [2.45, 2.75) is 6.61 Å². The van der Waals surface area contributed by atoms with Crippen LogP contribution >= 0.6 is 0 Å². The standard InChI is InChI=1S/C19H16N4O6/c1-28-18-10-13(7-9-19(24)25)6-8-17(18)29-12-14-11-22(21-20-14)15-4-2-3-5-16(15)23(26)27/h2-11H,12H2,1H3,(H,24,25)/b9-7+. The molecule has 0 aliphatic heterocycles. The molecule has 0 aliphatic rings. The molecule has 0 aliphatic carbocycles.